The quantitative estimate of drug-likeness (QED) is 0.557. The summed E-state index contributed by atoms with van der Waals surface area (Å²) in [6.07, 6.45) is 1.06. The first-order valence-corrected chi connectivity index (χ1v) is 8.33. The SMILES string of the molecule is CC(C)(C)C1=NN(C(C)(C)C)C(C(C)(C)C)(C(C)(C)C)C1. The molecule has 0 aliphatic carbocycles. The van der Waals surface area contributed by atoms with Gasteiger partial charge in [-0.15, -0.1) is 0 Å². The molecule has 1 rings (SSSR count). The molecule has 0 aromatic carbocycles. The molecule has 124 valence electrons. The van der Waals surface area contributed by atoms with Crippen LogP contribution in [0.5, 0.6) is 0 Å². The molecule has 0 N–H and O–H groups in total. The zero-order chi connectivity index (χ0) is 17.1. The summed E-state index contributed by atoms with van der Waals surface area (Å²) in [5, 5.41) is 7.60. The van der Waals surface area contributed by atoms with Crippen molar-refractivity contribution in [3.63, 3.8) is 0 Å². The minimum atomic E-state index is 0.0214. The van der Waals surface area contributed by atoms with Gasteiger partial charge in [0.1, 0.15) is 0 Å². The van der Waals surface area contributed by atoms with E-state index < -0.39 is 0 Å². The van der Waals surface area contributed by atoms with Crippen molar-refractivity contribution in [1.82, 2.24) is 5.01 Å². The van der Waals surface area contributed by atoms with Crippen LogP contribution < -0.4 is 0 Å². The van der Waals surface area contributed by atoms with Gasteiger partial charge in [-0.2, -0.15) is 5.10 Å². The standard InChI is InChI=1S/C19H38N2/c1-15(2,3)14-13-19(16(4,5)6,17(7,8)9)21(20-14)18(10,11)12/h13H2,1-12H3. The third kappa shape index (κ3) is 3.00. The van der Waals surface area contributed by atoms with E-state index in [-0.39, 0.29) is 27.3 Å². The lowest BCUT2D eigenvalue weighted by Gasteiger charge is -2.59. The number of rotatable bonds is 0. The van der Waals surface area contributed by atoms with Gasteiger partial charge in [-0.05, 0) is 31.6 Å². The highest BCUT2D eigenvalue weighted by Crippen LogP contribution is 2.56. The lowest BCUT2D eigenvalue weighted by atomic mass is 9.56. The highest BCUT2D eigenvalue weighted by atomic mass is 15.6. The van der Waals surface area contributed by atoms with Gasteiger partial charge in [-0.1, -0.05) is 62.3 Å². The number of hydrogen-bond donors (Lipinski definition) is 0. The lowest BCUT2D eigenvalue weighted by Crippen LogP contribution is -2.65. The molecule has 2 heteroatoms. The second kappa shape index (κ2) is 4.73. The molecule has 0 radical (unpaired) electrons. The topological polar surface area (TPSA) is 15.6 Å². The zero-order valence-corrected chi connectivity index (χ0v) is 16.6. The Morgan fingerprint density at radius 2 is 1.14 bits per heavy atom. The maximum absolute atomic E-state index is 5.17. The van der Waals surface area contributed by atoms with Crippen molar-refractivity contribution in [2.75, 3.05) is 0 Å². The molecular weight excluding hydrogens is 256 g/mol. The molecule has 21 heavy (non-hydrogen) atoms. The molecule has 0 fully saturated rings. The van der Waals surface area contributed by atoms with Crippen molar-refractivity contribution in [3.05, 3.63) is 0 Å². The summed E-state index contributed by atoms with van der Waals surface area (Å²) in [7, 11) is 0. The molecule has 0 atom stereocenters. The Hall–Kier alpha value is -0.530. The Kier molecular flexibility index (Phi) is 4.17. The summed E-state index contributed by atoms with van der Waals surface area (Å²) in [4.78, 5) is 0. The van der Waals surface area contributed by atoms with E-state index >= 15 is 0 Å². The van der Waals surface area contributed by atoms with Crippen LogP contribution in [0.25, 0.3) is 0 Å². The summed E-state index contributed by atoms with van der Waals surface area (Å²) in [6.45, 7) is 28.0. The van der Waals surface area contributed by atoms with Gasteiger partial charge in [0.05, 0.1) is 11.1 Å². The van der Waals surface area contributed by atoms with Crippen molar-refractivity contribution in [2.45, 2.75) is 101 Å². The first-order chi connectivity index (χ1) is 8.94. The van der Waals surface area contributed by atoms with Crippen molar-refractivity contribution >= 4 is 5.71 Å². The van der Waals surface area contributed by atoms with E-state index in [0.717, 1.165) is 6.42 Å². The van der Waals surface area contributed by atoms with E-state index in [0.29, 0.717) is 0 Å². The smallest absolute Gasteiger partial charge is 0.0734 e. The second-order valence-electron chi connectivity index (χ2n) is 10.8. The molecule has 0 amide bonds. The fourth-order valence-corrected chi connectivity index (χ4v) is 3.99. The van der Waals surface area contributed by atoms with Crippen LogP contribution in [0.4, 0.5) is 0 Å². The van der Waals surface area contributed by atoms with Gasteiger partial charge in [0.15, 0.2) is 0 Å². The van der Waals surface area contributed by atoms with Crippen LogP contribution in [-0.4, -0.2) is 21.8 Å². The third-order valence-corrected chi connectivity index (χ3v) is 4.99. The maximum atomic E-state index is 5.17. The molecule has 1 heterocycles. The minimum Gasteiger partial charge on any atom is -0.284 e. The summed E-state index contributed by atoms with van der Waals surface area (Å²) in [6, 6.07) is 0. The molecule has 0 bridgehead atoms. The molecule has 0 saturated heterocycles. The number of nitrogens with zero attached hydrogens (tertiary/aromatic N) is 2. The molecule has 2 nitrogen and oxygen atoms in total. The van der Waals surface area contributed by atoms with Gasteiger partial charge >= 0.3 is 0 Å². The molecule has 0 aromatic rings. The van der Waals surface area contributed by atoms with E-state index in [1.165, 1.54) is 5.71 Å². The lowest BCUT2D eigenvalue weighted by molar-refractivity contribution is -0.112. The predicted octanol–water partition coefficient (Wildman–Crippen LogP) is 5.72. The Morgan fingerprint density at radius 1 is 0.762 bits per heavy atom. The average molecular weight is 295 g/mol. The largest absolute Gasteiger partial charge is 0.284 e. The van der Waals surface area contributed by atoms with Crippen molar-refractivity contribution in [2.24, 2.45) is 21.3 Å². The fraction of sp³-hybridized carbons (Fsp3) is 0.947. The number of hydrazone groups is 1. The second-order valence-corrected chi connectivity index (χ2v) is 10.8. The normalized spacial score (nSPS) is 20.8. The molecule has 1 aliphatic rings. The van der Waals surface area contributed by atoms with Crippen molar-refractivity contribution < 1.29 is 0 Å². The summed E-state index contributed by atoms with van der Waals surface area (Å²) >= 11 is 0. The Balaban J connectivity index is 3.59. The first kappa shape index (κ1) is 18.5. The highest BCUT2D eigenvalue weighted by molar-refractivity contribution is 5.91. The first-order valence-electron chi connectivity index (χ1n) is 8.33. The van der Waals surface area contributed by atoms with Crippen molar-refractivity contribution in [3.8, 4) is 0 Å². The van der Waals surface area contributed by atoms with Crippen molar-refractivity contribution in [1.29, 1.82) is 0 Å². The van der Waals surface area contributed by atoms with E-state index in [1.807, 2.05) is 0 Å². The predicted molar refractivity (Wildman–Crippen MR) is 94.7 cm³/mol. The van der Waals surface area contributed by atoms with Crippen LogP contribution in [0.1, 0.15) is 89.5 Å². The fourth-order valence-electron chi connectivity index (χ4n) is 3.99. The minimum absolute atomic E-state index is 0.0214. The number of hydrogen-bond acceptors (Lipinski definition) is 2. The van der Waals surface area contributed by atoms with Gasteiger partial charge < -0.3 is 0 Å². The van der Waals surface area contributed by atoms with Crippen LogP contribution in [0, 0.1) is 16.2 Å². The van der Waals surface area contributed by atoms with E-state index in [9.17, 15) is 0 Å². The van der Waals surface area contributed by atoms with E-state index in [2.05, 4.69) is 88.1 Å². The van der Waals surface area contributed by atoms with Gasteiger partial charge in [0, 0.05) is 17.5 Å². The Bertz CT molecular complexity index is 402. The van der Waals surface area contributed by atoms with Crippen LogP contribution in [0.2, 0.25) is 0 Å². The molecule has 0 saturated carbocycles. The van der Waals surface area contributed by atoms with E-state index in [1.54, 1.807) is 0 Å². The monoisotopic (exact) mass is 294 g/mol. The molecule has 0 spiro atoms. The Morgan fingerprint density at radius 3 is 1.33 bits per heavy atom. The van der Waals surface area contributed by atoms with Gasteiger partial charge in [0.25, 0.3) is 0 Å². The molecule has 0 aromatic heterocycles. The van der Waals surface area contributed by atoms with Crippen LogP contribution in [-0.2, 0) is 0 Å². The zero-order valence-electron chi connectivity index (χ0n) is 16.6. The summed E-state index contributed by atoms with van der Waals surface area (Å²) in [5.41, 5.74) is 1.81. The van der Waals surface area contributed by atoms with Crippen LogP contribution in [0.3, 0.4) is 0 Å². The summed E-state index contributed by atoms with van der Waals surface area (Å²) in [5.74, 6) is 0. The van der Waals surface area contributed by atoms with Crippen LogP contribution >= 0.6 is 0 Å². The molecule has 1 aliphatic heterocycles. The molecule has 0 unspecified atom stereocenters. The summed E-state index contributed by atoms with van der Waals surface area (Å²) < 4.78 is 0. The van der Waals surface area contributed by atoms with Gasteiger partial charge in [-0.3, -0.25) is 5.01 Å². The van der Waals surface area contributed by atoms with Crippen LogP contribution in [0.15, 0.2) is 5.10 Å². The Labute approximate surface area is 133 Å². The van der Waals surface area contributed by atoms with Gasteiger partial charge in [-0.25, -0.2) is 0 Å². The molecular formula is C19H38N2. The third-order valence-electron chi connectivity index (χ3n) is 4.99. The van der Waals surface area contributed by atoms with E-state index in [4.69, 9.17) is 5.10 Å². The highest BCUT2D eigenvalue weighted by Gasteiger charge is 2.60. The average Bonchev–Trinajstić information content (AvgIpc) is 2.53. The maximum Gasteiger partial charge on any atom is 0.0734 e. The van der Waals surface area contributed by atoms with Gasteiger partial charge in [0.2, 0.25) is 0 Å².